The quantitative estimate of drug-likeness (QED) is 0.147. The van der Waals surface area contributed by atoms with Gasteiger partial charge in [0, 0.05) is 50.5 Å². The summed E-state index contributed by atoms with van der Waals surface area (Å²) >= 11 is 0. The van der Waals surface area contributed by atoms with Gasteiger partial charge in [0.25, 0.3) is 0 Å². The maximum Gasteiger partial charge on any atom is 0.122 e. The Kier molecular flexibility index (Phi) is 8.89. The molecule has 0 unspecified atom stereocenters. The van der Waals surface area contributed by atoms with Crippen molar-refractivity contribution in [2.24, 2.45) is 0 Å². The Morgan fingerprint density at radius 2 is 0.731 bits per heavy atom. The first-order valence-electron chi connectivity index (χ1n) is 17.9. The van der Waals surface area contributed by atoms with Crippen molar-refractivity contribution in [3.63, 3.8) is 0 Å². The van der Waals surface area contributed by atoms with E-state index in [1.54, 1.807) is 12.4 Å². The van der Waals surface area contributed by atoms with Crippen LogP contribution in [0.15, 0.2) is 85.5 Å². The summed E-state index contributed by atoms with van der Waals surface area (Å²) in [7, 11) is 0. The van der Waals surface area contributed by atoms with Gasteiger partial charge in [0.05, 0.1) is 13.1 Å². The summed E-state index contributed by atoms with van der Waals surface area (Å²) in [4.78, 5) is 0. The van der Waals surface area contributed by atoms with Gasteiger partial charge in [0.15, 0.2) is 0 Å². The Hall–Kier alpha value is -5.50. The second-order valence-corrected chi connectivity index (χ2v) is 16.4. The first-order valence-corrected chi connectivity index (χ1v) is 17.9. The fourth-order valence-corrected chi connectivity index (χ4v) is 7.29. The summed E-state index contributed by atoms with van der Waals surface area (Å²) in [6.45, 7) is 13.9. The number of phenolic OH excluding ortho intramolecular Hbond substituents is 4. The predicted octanol–water partition coefficient (Wildman–Crippen LogP) is 8.27. The maximum atomic E-state index is 12.0. The highest BCUT2D eigenvalue weighted by molar-refractivity contribution is 5.58. The van der Waals surface area contributed by atoms with Gasteiger partial charge in [0.2, 0.25) is 0 Å². The SMILES string of the molecule is CC(C)(C)c1cc2c(O)c(c1)Cc1cc(Cn3cccn3)cc(c1O)Cc1cc(C(C)(C)C)cc(c1O)Cc1cc(Cn3cccn3)cc(c1O)C2. The molecule has 2 aromatic heterocycles. The predicted molar refractivity (Wildman–Crippen MR) is 204 cm³/mol. The van der Waals surface area contributed by atoms with Gasteiger partial charge in [0.1, 0.15) is 23.0 Å². The number of hydrogen-bond acceptors (Lipinski definition) is 6. The van der Waals surface area contributed by atoms with Gasteiger partial charge in [-0.05, 0) is 114 Å². The van der Waals surface area contributed by atoms with E-state index in [9.17, 15) is 20.4 Å². The molecule has 0 amide bonds. The molecule has 0 fully saturated rings. The van der Waals surface area contributed by atoms with Gasteiger partial charge in [-0.1, -0.05) is 65.8 Å². The number of rotatable bonds is 4. The summed E-state index contributed by atoms with van der Waals surface area (Å²) in [5, 5.41) is 56.7. The molecule has 0 saturated heterocycles. The molecule has 8 heteroatoms. The zero-order valence-corrected chi connectivity index (χ0v) is 30.9. The van der Waals surface area contributed by atoms with E-state index in [0.717, 1.165) is 22.3 Å². The smallest absolute Gasteiger partial charge is 0.122 e. The van der Waals surface area contributed by atoms with Gasteiger partial charge in [-0.25, -0.2) is 0 Å². The molecular formula is C44H48N4O4. The molecule has 1 aliphatic carbocycles. The van der Waals surface area contributed by atoms with Crippen molar-refractivity contribution in [1.29, 1.82) is 0 Å². The topological polar surface area (TPSA) is 117 Å². The van der Waals surface area contributed by atoms with Gasteiger partial charge in [-0.2, -0.15) is 10.2 Å². The lowest BCUT2D eigenvalue weighted by Gasteiger charge is -2.25. The van der Waals surface area contributed by atoms with Crippen molar-refractivity contribution in [2.45, 2.75) is 91.1 Å². The molecule has 0 radical (unpaired) electrons. The first-order chi connectivity index (χ1) is 24.6. The minimum absolute atomic E-state index is 0.145. The molecular weight excluding hydrogens is 649 g/mol. The van der Waals surface area contributed by atoms with E-state index < -0.39 is 0 Å². The van der Waals surface area contributed by atoms with Crippen LogP contribution in [-0.2, 0) is 49.6 Å². The Morgan fingerprint density at radius 3 is 0.962 bits per heavy atom. The molecule has 4 aromatic carbocycles. The number of phenols is 4. The molecule has 0 spiro atoms. The largest absolute Gasteiger partial charge is 0.507 e. The summed E-state index contributed by atoms with van der Waals surface area (Å²) in [5.74, 6) is 0.586. The van der Waals surface area contributed by atoms with Crippen molar-refractivity contribution in [1.82, 2.24) is 19.6 Å². The van der Waals surface area contributed by atoms with Crippen LogP contribution in [0, 0.1) is 0 Å². The fourth-order valence-electron chi connectivity index (χ4n) is 7.29. The van der Waals surface area contributed by atoms with Gasteiger partial charge in [-0.3, -0.25) is 9.36 Å². The number of benzene rings is 4. The van der Waals surface area contributed by atoms with Crippen LogP contribution in [0.2, 0.25) is 0 Å². The lowest BCUT2D eigenvalue weighted by Crippen LogP contribution is -2.14. The minimum atomic E-state index is -0.229. The Bertz CT molecular complexity index is 2000. The molecule has 8 nitrogen and oxygen atoms in total. The monoisotopic (exact) mass is 696 g/mol. The second kappa shape index (κ2) is 13.2. The third kappa shape index (κ3) is 7.15. The van der Waals surface area contributed by atoms with Crippen LogP contribution < -0.4 is 0 Å². The third-order valence-corrected chi connectivity index (χ3v) is 10.3. The average Bonchev–Trinajstić information content (AvgIpc) is 3.78. The fraction of sp³-hybridized carbons (Fsp3) is 0.318. The molecule has 0 aliphatic heterocycles. The zero-order chi connectivity index (χ0) is 36.9. The van der Waals surface area contributed by atoms with Crippen LogP contribution in [0.1, 0.15) is 108 Å². The highest BCUT2D eigenvalue weighted by Gasteiger charge is 2.25. The van der Waals surface area contributed by atoms with Crippen molar-refractivity contribution >= 4 is 0 Å². The van der Waals surface area contributed by atoms with Crippen LogP contribution in [0.5, 0.6) is 23.0 Å². The summed E-state index contributed by atoms with van der Waals surface area (Å²) in [5.41, 5.74) is 9.03. The molecule has 268 valence electrons. The van der Waals surface area contributed by atoms with Crippen LogP contribution in [0.3, 0.4) is 0 Å². The van der Waals surface area contributed by atoms with Crippen LogP contribution in [0.25, 0.3) is 0 Å². The van der Waals surface area contributed by atoms with Gasteiger partial charge < -0.3 is 20.4 Å². The number of aromatic nitrogens is 4. The minimum Gasteiger partial charge on any atom is -0.507 e. The summed E-state index contributed by atoms with van der Waals surface area (Å²) in [6.07, 6.45) is 8.43. The van der Waals surface area contributed by atoms with E-state index in [4.69, 9.17) is 0 Å². The number of hydrogen-bond donors (Lipinski definition) is 4. The highest BCUT2D eigenvalue weighted by atomic mass is 16.3. The Balaban J connectivity index is 1.48. The molecule has 1 aliphatic rings. The second-order valence-electron chi connectivity index (χ2n) is 16.4. The van der Waals surface area contributed by atoms with E-state index in [0.29, 0.717) is 57.6 Å². The first kappa shape index (κ1) is 34.9. The van der Waals surface area contributed by atoms with Gasteiger partial charge in [-0.15, -0.1) is 0 Å². The number of nitrogens with zero attached hydrogens (tertiary/aromatic N) is 4. The molecule has 4 N–H and O–H groups in total. The average molecular weight is 697 g/mol. The van der Waals surface area contributed by atoms with Crippen molar-refractivity contribution in [2.75, 3.05) is 0 Å². The van der Waals surface area contributed by atoms with Crippen molar-refractivity contribution in [3.05, 3.63) is 152 Å². The standard InChI is InChI=1S/C44H48N4O4/c1-43(2,3)37-21-33-17-29-13-27(25-47-11-7-9-45-47)15-31(39(29)49)19-35-23-38(44(4,5)6)24-36(42(35)52)20-32-16-28(26-48-12-8-10-46-48)14-30(40(32)50)18-34(22-37)41(33)51/h7-16,21-24,49-52H,17-20,25-26H2,1-6H3. The molecule has 7 rings (SSSR count). The molecule has 0 saturated carbocycles. The summed E-state index contributed by atoms with van der Waals surface area (Å²) in [6, 6.07) is 19.8. The maximum absolute atomic E-state index is 12.0. The van der Waals surface area contributed by atoms with Crippen molar-refractivity contribution < 1.29 is 20.4 Å². The van der Waals surface area contributed by atoms with Crippen molar-refractivity contribution in [3.8, 4) is 23.0 Å². The Morgan fingerprint density at radius 1 is 0.462 bits per heavy atom. The Labute approximate surface area is 305 Å². The van der Waals surface area contributed by atoms with E-state index in [1.807, 2.05) is 82.4 Å². The molecule has 52 heavy (non-hydrogen) atoms. The van der Waals surface area contributed by atoms with Crippen LogP contribution >= 0.6 is 0 Å². The van der Waals surface area contributed by atoms with E-state index in [1.165, 1.54) is 0 Å². The molecule has 8 bridgehead atoms. The lowest BCUT2D eigenvalue weighted by molar-refractivity contribution is 0.449. The zero-order valence-electron chi connectivity index (χ0n) is 30.9. The third-order valence-electron chi connectivity index (χ3n) is 10.3. The summed E-state index contributed by atoms with van der Waals surface area (Å²) < 4.78 is 3.69. The van der Waals surface area contributed by atoms with E-state index >= 15 is 0 Å². The normalized spacial score (nSPS) is 13.3. The number of fused-ring (bicyclic) bond motifs is 8. The molecule has 2 heterocycles. The number of aromatic hydroxyl groups is 4. The van der Waals surface area contributed by atoms with Crippen LogP contribution in [-0.4, -0.2) is 40.0 Å². The lowest BCUT2D eigenvalue weighted by atomic mass is 9.81. The highest BCUT2D eigenvalue weighted by Crippen LogP contribution is 2.41. The van der Waals surface area contributed by atoms with E-state index in [2.05, 4.69) is 51.7 Å². The van der Waals surface area contributed by atoms with E-state index in [-0.39, 0.29) is 59.5 Å². The molecule has 6 aromatic rings. The van der Waals surface area contributed by atoms with Crippen LogP contribution in [0.4, 0.5) is 0 Å². The molecule has 0 atom stereocenters. The van der Waals surface area contributed by atoms with Gasteiger partial charge >= 0.3 is 0 Å².